The summed E-state index contributed by atoms with van der Waals surface area (Å²) < 4.78 is 5.45. The minimum absolute atomic E-state index is 0.0752. The number of carbonyl (C=O) groups is 1. The van der Waals surface area contributed by atoms with Crippen molar-refractivity contribution in [3.05, 3.63) is 64.1 Å². The first kappa shape index (κ1) is 18.6. The highest BCUT2D eigenvalue weighted by Gasteiger charge is 2.34. The molecular weight excluding hydrogens is 377 g/mol. The van der Waals surface area contributed by atoms with Crippen LogP contribution in [0.4, 0.5) is 0 Å². The van der Waals surface area contributed by atoms with Crippen molar-refractivity contribution in [1.82, 2.24) is 5.32 Å². The molecule has 0 aliphatic carbocycles. The summed E-state index contributed by atoms with van der Waals surface area (Å²) in [7, 11) is 0. The molecule has 2 aromatic rings. The number of halogens is 2. The van der Waals surface area contributed by atoms with Gasteiger partial charge in [0.1, 0.15) is 0 Å². The monoisotopic (exact) mass is 395 g/mol. The zero-order chi connectivity index (χ0) is 17.7. The molecule has 6 heteroatoms. The Morgan fingerprint density at radius 1 is 1.12 bits per heavy atom. The second kappa shape index (κ2) is 8.45. The molecule has 0 spiro atoms. The van der Waals surface area contributed by atoms with E-state index in [9.17, 15) is 4.79 Å². The van der Waals surface area contributed by atoms with Gasteiger partial charge in [0.25, 0.3) is 5.91 Å². The predicted octanol–water partition coefficient (Wildman–Crippen LogP) is 5.06. The number of amides is 1. The maximum Gasteiger partial charge on any atom is 0.252 e. The van der Waals surface area contributed by atoms with Crippen molar-refractivity contribution in [3.63, 3.8) is 0 Å². The molecular formula is C19H19Cl2NO2S. The summed E-state index contributed by atoms with van der Waals surface area (Å²) in [5.41, 5.74) is 0.443. The van der Waals surface area contributed by atoms with Crippen LogP contribution >= 0.6 is 35.0 Å². The highest BCUT2D eigenvalue weighted by atomic mass is 35.5. The summed E-state index contributed by atoms with van der Waals surface area (Å²) in [6, 6.07) is 15.2. The van der Waals surface area contributed by atoms with Gasteiger partial charge in [0.15, 0.2) is 0 Å². The van der Waals surface area contributed by atoms with Gasteiger partial charge in [-0.25, -0.2) is 0 Å². The Labute approximate surface area is 162 Å². The number of hydrogen-bond acceptors (Lipinski definition) is 3. The fraction of sp³-hybridized carbons (Fsp3) is 0.316. The minimum atomic E-state index is -0.179. The number of thioether (sulfide) groups is 1. The lowest BCUT2D eigenvalue weighted by Crippen LogP contribution is -2.44. The molecule has 3 nitrogen and oxygen atoms in total. The minimum Gasteiger partial charge on any atom is -0.381 e. The van der Waals surface area contributed by atoms with Crippen molar-refractivity contribution in [1.29, 1.82) is 0 Å². The fourth-order valence-corrected chi connectivity index (χ4v) is 4.61. The van der Waals surface area contributed by atoms with Crippen molar-refractivity contribution in [2.45, 2.75) is 22.5 Å². The number of rotatable bonds is 5. The van der Waals surface area contributed by atoms with Gasteiger partial charge in [0.2, 0.25) is 0 Å². The average molecular weight is 396 g/mol. The van der Waals surface area contributed by atoms with E-state index >= 15 is 0 Å². The first-order valence-corrected chi connectivity index (χ1v) is 9.70. The van der Waals surface area contributed by atoms with Crippen LogP contribution in [0.5, 0.6) is 0 Å². The SMILES string of the molecule is O=C(NCC1(Sc2ccccc2)CCOCC1)c1ccc(Cl)cc1Cl. The van der Waals surface area contributed by atoms with Crippen LogP contribution in [0.2, 0.25) is 10.0 Å². The third-order valence-electron chi connectivity index (χ3n) is 4.23. The zero-order valence-electron chi connectivity index (χ0n) is 13.6. The van der Waals surface area contributed by atoms with Gasteiger partial charge in [0, 0.05) is 34.4 Å². The Morgan fingerprint density at radius 3 is 2.52 bits per heavy atom. The molecule has 1 aliphatic heterocycles. The predicted molar refractivity (Wildman–Crippen MR) is 104 cm³/mol. The highest BCUT2D eigenvalue weighted by Crippen LogP contribution is 2.40. The molecule has 0 radical (unpaired) electrons. The topological polar surface area (TPSA) is 38.3 Å². The molecule has 1 N–H and O–H groups in total. The number of hydrogen-bond donors (Lipinski definition) is 1. The van der Waals surface area contributed by atoms with E-state index in [1.54, 1.807) is 30.0 Å². The van der Waals surface area contributed by atoms with Gasteiger partial charge in [-0.2, -0.15) is 0 Å². The first-order chi connectivity index (χ1) is 12.1. The quantitative estimate of drug-likeness (QED) is 0.768. The molecule has 2 aromatic carbocycles. The lowest BCUT2D eigenvalue weighted by molar-refractivity contribution is 0.0741. The largest absolute Gasteiger partial charge is 0.381 e. The van der Waals surface area contributed by atoms with Crippen LogP contribution in [-0.4, -0.2) is 30.4 Å². The van der Waals surface area contributed by atoms with Gasteiger partial charge >= 0.3 is 0 Å². The summed E-state index contributed by atoms with van der Waals surface area (Å²) in [5.74, 6) is -0.179. The van der Waals surface area contributed by atoms with Crippen LogP contribution < -0.4 is 5.32 Å². The van der Waals surface area contributed by atoms with Crippen LogP contribution in [0.1, 0.15) is 23.2 Å². The second-order valence-electron chi connectivity index (χ2n) is 6.02. The third-order valence-corrected chi connectivity index (χ3v) is 6.27. The molecule has 0 atom stereocenters. The Morgan fingerprint density at radius 2 is 1.84 bits per heavy atom. The van der Waals surface area contributed by atoms with E-state index < -0.39 is 0 Å². The van der Waals surface area contributed by atoms with E-state index in [1.807, 2.05) is 18.2 Å². The average Bonchev–Trinajstić information content (AvgIpc) is 2.61. The van der Waals surface area contributed by atoms with E-state index in [0.717, 1.165) is 12.8 Å². The number of carbonyl (C=O) groups excluding carboxylic acids is 1. The Bertz CT molecular complexity index is 733. The Balaban J connectivity index is 1.71. The lowest BCUT2D eigenvalue weighted by atomic mass is 9.99. The lowest BCUT2D eigenvalue weighted by Gasteiger charge is -2.36. The van der Waals surface area contributed by atoms with Crippen molar-refractivity contribution in [2.24, 2.45) is 0 Å². The number of nitrogens with one attached hydrogen (secondary N) is 1. The van der Waals surface area contributed by atoms with E-state index in [1.165, 1.54) is 4.90 Å². The van der Waals surface area contributed by atoms with Gasteiger partial charge in [-0.1, -0.05) is 41.4 Å². The first-order valence-electron chi connectivity index (χ1n) is 8.13. The van der Waals surface area contributed by atoms with Crippen molar-refractivity contribution in [2.75, 3.05) is 19.8 Å². The highest BCUT2D eigenvalue weighted by molar-refractivity contribution is 8.00. The maximum absolute atomic E-state index is 12.5. The van der Waals surface area contributed by atoms with Gasteiger partial charge < -0.3 is 10.1 Å². The van der Waals surface area contributed by atoms with Crippen LogP contribution in [0.3, 0.4) is 0 Å². The third kappa shape index (κ3) is 4.91. The molecule has 1 saturated heterocycles. The van der Waals surface area contributed by atoms with Crippen LogP contribution in [0, 0.1) is 0 Å². The summed E-state index contributed by atoms with van der Waals surface area (Å²) in [5, 5.41) is 3.93. The van der Waals surface area contributed by atoms with Crippen LogP contribution in [-0.2, 0) is 4.74 Å². The van der Waals surface area contributed by atoms with Crippen molar-refractivity contribution < 1.29 is 9.53 Å². The summed E-state index contributed by atoms with van der Waals surface area (Å²) in [6.07, 6.45) is 1.78. The molecule has 25 heavy (non-hydrogen) atoms. The molecule has 132 valence electrons. The Hall–Kier alpha value is -1.20. The van der Waals surface area contributed by atoms with Gasteiger partial charge in [0.05, 0.1) is 10.6 Å². The second-order valence-corrected chi connectivity index (χ2v) is 8.40. The summed E-state index contributed by atoms with van der Waals surface area (Å²) >= 11 is 13.8. The molecule has 0 unspecified atom stereocenters. The van der Waals surface area contributed by atoms with E-state index in [-0.39, 0.29) is 10.7 Å². The van der Waals surface area contributed by atoms with E-state index in [4.69, 9.17) is 27.9 Å². The standard InChI is InChI=1S/C19H19Cl2NO2S/c20-14-6-7-16(17(21)12-14)18(23)22-13-19(8-10-24-11-9-19)25-15-4-2-1-3-5-15/h1-7,12H,8-11,13H2,(H,22,23). The van der Waals surface area contributed by atoms with Gasteiger partial charge in [-0.15, -0.1) is 11.8 Å². The summed E-state index contributed by atoms with van der Waals surface area (Å²) in [4.78, 5) is 13.7. The molecule has 1 heterocycles. The number of benzene rings is 2. The molecule has 1 aliphatic rings. The smallest absolute Gasteiger partial charge is 0.252 e. The number of ether oxygens (including phenoxy) is 1. The molecule has 1 fully saturated rings. The summed E-state index contributed by atoms with van der Waals surface area (Å²) in [6.45, 7) is 1.97. The van der Waals surface area contributed by atoms with Crippen molar-refractivity contribution in [3.8, 4) is 0 Å². The molecule has 0 bridgehead atoms. The molecule has 1 amide bonds. The Kier molecular flexibility index (Phi) is 6.29. The van der Waals surface area contributed by atoms with Gasteiger partial charge in [-0.05, 0) is 43.2 Å². The van der Waals surface area contributed by atoms with Crippen molar-refractivity contribution >= 4 is 40.9 Å². The zero-order valence-corrected chi connectivity index (χ0v) is 16.0. The van der Waals surface area contributed by atoms with Gasteiger partial charge in [-0.3, -0.25) is 4.79 Å². The molecule has 3 rings (SSSR count). The van der Waals surface area contributed by atoms with E-state index in [2.05, 4.69) is 17.4 Å². The van der Waals surface area contributed by atoms with E-state index in [0.29, 0.717) is 35.4 Å². The maximum atomic E-state index is 12.5. The molecule has 0 aromatic heterocycles. The molecule has 0 saturated carbocycles. The van der Waals surface area contributed by atoms with Crippen LogP contribution in [0.15, 0.2) is 53.4 Å². The fourth-order valence-electron chi connectivity index (χ4n) is 2.81. The van der Waals surface area contributed by atoms with Crippen LogP contribution in [0.25, 0.3) is 0 Å². The normalized spacial score (nSPS) is 16.4.